The van der Waals surface area contributed by atoms with Crippen molar-refractivity contribution in [2.45, 2.75) is 17.9 Å². The Morgan fingerprint density at radius 3 is 2.63 bits per heavy atom. The van der Waals surface area contributed by atoms with Crippen LogP contribution >= 0.6 is 0 Å². The van der Waals surface area contributed by atoms with Crippen molar-refractivity contribution in [3.63, 3.8) is 0 Å². The summed E-state index contributed by atoms with van der Waals surface area (Å²) in [6.45, 7) is 4.35. The Balaban J connectivity index is 2.27. The number of hydrogen-bond donors (Lipinski definition) is 2. The van der Waals surface area contributed by atoms with Gasteiger partial charge in [-0.3, -0.25) is 0 Å². The Hall–Kier alpha value is -1.55. The lowest BCUT2D eigenvalue weighted by Gasteiger charge is -2.35. The second-order valence-corrected chi connectivity index (χ2v) is 5.91. The van der Waals surface area contributed by atoms with E-state index in [0.717, 1.165) is 25.3 Å². The van der Waals surface area contributed by atoms with Crippen LogP contribution in [-0.4, -0.2) is 34.1 Å². The molecule has 1 atom stereocenters. The van der Waals surface area contributed by atoms with E-state index in [1.165, 1.54) is 12.1 Å². The number of primary sulfonamides is 1. The first-order valence-electron chi connectivity index (χ1n) is 6.05. The van der Waals surface area contributed by atoms with Crippen LogP contribution in [0.3, 0.4) is 0 Å². The molecule has 2 rings (SSSR count). The van der Waals surface area contributed by atoms with Crippen LogP contribution in [0.4, 0.5) is 5.69 Å². The van der Waals surface area contributed by atoms with Gasteiger partial charge in [-0.15, -0.1) is 5.92 Å². The molecule has 1 heterocycles. The number of benzene rings is 1. The topological polar surface area (TPSA) is 75.4 Å². The SMILES string of the molecule is CC#C[C@H]1CNCCN1c1ccc(S(N)(=O)=O)cc1. The largest absolute Gasteiger partial charge is 0.355 e. The first-order valence-corrected chi connectivity index (χ1v) is 7.59. The standard InChI is InChI=1S/C13H17N3O2S/c1-2-3-12-10-15-8-9-16(12)11-4-6-13(7-5-11)19(14,17)18/h4-7,12,15H,8-10H2,1H3,(H2,14,17,18)/t12-/m0/s1. The molecule has 0 amide bonds. The summed E-state index contributed by atoms with van der Waals surface area (Å²) in [4.78, 5) is 2.30. The molecule has 6 heteroatoms. The Labute approximate surface area is 113 Å². The zero-order valence-electron chi connectivity index (χ0n) is 10.8. The van der Waals surface area contributed by atoms with Gasteiger partial charge < -0.3 is 10.2 Å². The third kappa shape index (κ3) is 3.26. The van der Waals surface area contributed by atoms with Crippen molar-refractivity contribution >= 4 is 15.7 Å². The van der Waals surface area contributed by atoms with Crippen LogP contribution in [0.2, 0.25) is 0 Å². The third-order valence-corrected chi connectivity index (χ3v) is 3.98. The molecule has 0 aromatic heterocycles. The number of sulfonamides is 1. The van der Waals surface area contributed by atoms with Gasteiger partial charge in [0.1, 0.15) is 6.04 Å². The van der Waals surface area contributed by atoms with E-state index < -0.39 is 10.0 Å². The van der Waals surface area contributed by atoms with Gasteiger partial charge in [0.05, 0.1) is 4.90 Å². The number of nitrogens with zero attached hydrogens (tertiary/aromatic N) is 1. The van der Waals surface area contributed by atoms with Crippen LogP contribution in [0.5, 0.6) is 0 Å². The minimum Gasteiger partial charge on any atom is -0.355 e. The molecule has 0 aliphatic carbocycles. The lowest BCUT2D eigenvalue weighted by Crippen LogP contribution is -2.50. The van der Waals surface area contributed by atoms with E-state index in [1.807, 2.05) is 6.92 Å². The predicted molar refractivity (Wildman–Crippen MR) is 75.3 cm³/mol. The molecule has 19 heavy (non-hydrogen) atoms. The minimum absolute atomic E-state index is 0.110. The van der Waals surface area contributed by atoms with Gasteiger partial charge >= 0.3 is 0 Å². The molecule has 0 unspecified atom stereocenters. The van der Waals surface area contributed by atoms with E-state index in [1.54, 1.807) is 12.1 Å². The van der Waals surface area contributed by atoms with Crippen molar-refractivity contribution in [2.75, 3.05) is 24.5 Å². The molecule has 0 saturated carbocycles. The second kappa shape index (κ2) is 5.61. The maximum Gasteiger partial charge on any atom is 0.238 e. The summed E-state index contributed by atoms with van der Waals surface area (Å²) in [5, 5.41) is 8.38. The first-order chi connectivity index (χ1) is 9.02. The highest BCUT2D eigenvalue weighted by molar-refractivity contribution is 7.89. The van der Waals surface area contributed by atoms with Crippen molar-refractivity contribution in [2.24, 2.45) is 5.14 Å². The summed E-state index contributed by atoms with van der Waals surface area (Å²) >= 11 is 0. The molecule has 5 nitrogen and oxygen atoms in total. The van der Waals surface area contributed by atoms with Crippen LogP contribution in [0.15, 0.2) is 29.2 Å². The zero-order chi connectivity index (χ0) is 13.9. The van der Waals surface area contributed by atoms with E-state index >= 15 is 0 Å². The van der Waals surface area contributed by atoms with Crippen LogP contribution in [0.1, 0.15) is 6.92 Å². The van der Waals surface area contributed by atoms with Crippen molar-refractivity contribution in [3.05, 3.63) is 24.3 Å². The van der Waals surface area contributed by atoms with Crippen molar-refractivity contribution in [3.8, 4) is 11.8 Å². The van der Waals surface area contributed by atoms with Crippen LogP contribution in [0, 0.1) is 11.8 Å². The number of nitrogens with two attached hydrogens (primary N) is 1. The molecule has 1 fully saturated rings. The highest BCUT2D eigenvalue weighted by Gasteiger charge is 2.20. The van der Waals surface area contributed by atoms with E-state index in [4.69, 9.17) is 5.14 Å². The van der Waals surface area contributed by atoms with E-state index in [9.17, 15) is 8.42 Å². The third-order valence-electron chi connectivity index (χ3n) is 3.05. The molecule has 102 valence electrons. The Kier molecular flexibility index (Phi) is 4.10. The number of piperazine rings is 1. The molecule has 1 aromatic carbocycles. The quantitative estimate of drug-likeness (QED) is 0.755. The zero-order valence-corrected chi connectivity index (χ0v) is 11.6. The normalized spacial score (nSPS) is 19.7. The van der Waals surface area contributed by atoms with E-state index in [0.29, 0.717) is 0 Å². The highest BCUT2D eigenvalue weighted by Crippen LogP contribution is 2.20. The number of anilines is 1. The Morgan fingerprint density at radius 2 is 2.05 bits per heavy atom. The van der Waals surface area contributed by atoms with Gasteiger partial charge in [0.15, 0.2) is 0 Å². The minimum atomic E-state index is -3.63. The van der Waals surface area contributed by atoms with Crippen molar-refractivity contribution in [1.29, 1.82) is 0 Å². The fraction of sp³-hybridized carbons (Fsp3) is 0.385. The van der Waals surface area contributed by atoms with Gasteiger partial charge in [0, 0.05) is 25.3 Å². The van der Waals surface area contributed by atoms with Gasteiger partial charge in [-0.05, 0) is 31.2 Å². The first kappa shape index (κ1) is 13.9. The maximum absolute atomic E-state index is 11.2. The van der Waals surface area contributed by atoms with E-state index in [-0.39, 0.29) is 10.9 Å². The second-order valence-electron chi connectivity index (χ2n) is 4.35. The summed E-state index contributed by atoms with van der Waals surface area (Å²) in [6, 6.07) is 6.72. The number of nitrogens with one attached hydrogen (secondary N) is 1. The number of rotatable bonds is 2. The lowest BCUT2D eigenvalue weighted by atomic mass is 10.1. The lowest BCUT2D eigenvalue weighted by molar-refractivity contribution is 0.538. The average Bonchev–Trinajstić information content (AvgIpc) is 2.39. The van der Waals surface area contributed by atoms with Gasteiger partial charge in [-0.2, -0.15) is 0 Å². The summed E-state index contributed by atoms with van der Waals surface area (Å²) in [6.07, 6.45) is 0. The summed E-state index contributed by atoms with van der Waals surface area (Å²) < 4.78 is 22.4. The fourth-order valence-corrected chi connectivity index (χ4v) is 2.65. The molecule has 1 aromatic rings. The van der Waals surface area contributed by atoms with Gasteiger partial charge in [-0.1, -0.05) is 5.92 Å². The molecule has 3 N–H and O–H groups in total. The van der Waals surface area contributed by atoms with Crippen LogP contribution in [-0.2, 0) is 10.0 Å². The van der Waals surface area contributed by atoms with Gasteiger partial charge in [0.25, 0.3) is 0 Å². The van der Waals surface area contributed by atoms with Crippen molar-refractivity contribution in [1.82, 2.24) is 5.32 Å². The molecule has 1 saturated heterocycles. The molecular weight excluding hydrogens is 262 g/mol. The molecule has 0 radical (unpaired) electrons. The molecule has 0 bridgehead atoms. The average molecular weight is 279 g/mol. The highest BCUT2D eigenvalue weighted by atomic mass is 32.2. The van der Waals surface area contributed by atoms with Crippen LogP contribution in [0.25, 0.3) is 0 Å². The molecular formula is C13H17N3O2S. The summed E-state index contributed by atoms with van der Waals surface area (Å²) in [5.74, 6) is 6.07. The maximum atomic E-state index is 11.2. The molecule has 0 spiro atoms. The van der Waals surface area contributed by atoms with Crippen molar-refractivity contribution < 1.29 is 8.42 Å². The fourth-order valence-electron chi connectivity index (χ4n) is 2.14. The summed E-state index contributed by atoms with van der Waals surface area (Å²) in [5.41, 5.74) is 0.960. The number of hydrogen-bond acceptors (Lipinski definition) is 4. The Morgan fingerprint density at radius 1 is 1.37 bits per heavy atom. The van der Waals surface area contributed by atoms with E-state index in [2.05, 4.69) is 22.1 Å². The van der Waals surface area contributed by atoms with Gasteiger partial charge in [0.2, 0.25) is 10.0 Å². The summed E-state index contributed by atoms with van der Waals surface area (Å²) in [7, 11) is -3.63. The molecule has 1 aliphatic rings. The van der Waals surface area contributed by atoms with Gasteiger partial charge in [-0.25, -0.2) is 13.6 Å². The molecule has 1 aliphatic heterocycles. The van der Waals surface area contributed by atoms with Crippen LogP contribution < -0.4 is 15.4 Å². The predicted octanol–water partition coefficient (Wildman–Crippen LogP) is 0.136. The smallest absolute Gasteiger partial charge is 0.238 e. The Bertz CT molecular complexity index is 599. The monoisotopic (exact) mass is 279 g/mol.